The summed E-state index contributed by atoms with van der Waals surface area (Å²) in [4.78, 5) is 23.0. The summed E-state index contributed by atoms with van der Waals surface area (Å²) in [5.41, 5.74) is 4.76. The third kappa shape index (κ3) is 5.20. The van der Waals surface area contributed by atoms with Gasteiger partial charge < -0.3 is 10.1 Å². The Kier molecular flexibility index (Phi) is 5.35. The Bertz CT molecular complexity index is 563. The molecule has 6 nitrogen and oxygen atoms in total. The number of ether oxygens (including phenoxy) is 1. The fourth-order valence-electron chi connectivity index (χ4n) is 1.46. The van der Waals surface area contributed by atoms with Crippen LogP contribution in [0, 0.1) is 5.92 Å². The summed E-state index contributed by atoms with van der Waals surface area (Å²) in [6.07, 6.45) is 1.76. The highest BCUT2D eigenvalue weighted by atomic mass is 35.5. The molecule has 0 atom stereocenters. The van der Waals surface area contributed by atoms with E-state index in [1.807, 2.05) is 0 Å². The second kappa shape index (κ2) is 7.24. The van der Waals surface area contributed by atoms with Gasteiger partial charge in [0.1, 0.15) is 5.75 Å². The largest absolute Gasteiger partial charge is 0.482 e. The van der Waals surface area contributed by atoms with Crippen LogP contribution in [0.5, 0.6) is 5.75 Å². The number of carbonyl (C=O) groups is 2. The van der Waals surface area contributed by atoms with Gasteiger partial charge in [0.2, 0.25) is 5.91 Å². The smallest absolute Gasteiger partial charge is 0.276 e. The van der Waals surface area contributed by atoms with E-state index in [9.17, 15) is 9.59 Å². The second-order valence-corrected chi connectivity index (χ2v) is 5.30. The van der Waals surface area contributed by atoms with Crippen LogP contribution in [0.1, 0.15) is 12.8 Å². The summed E-state index contributed by atoms with van der Waals surface area (Å²) in [5.74, 6) is -0.116. The van der Waals surface area contributed by atoms with Crippen LogP contribution in [-0.4, -0.2) is 23.5 Å². The van der Waals surface area contributed by atoms with Crippen molar-refractivity contribution in [3.63, 3.8) is 0 Å². The Balaban J connectivity index is 1.66. The lowest BCUT2D eigenvalue weighted by Crippen LogP contribution is -2.50. The molecule has 1 aromatic rings. The number of hydrogen-bond donors (Lipinski definition) is 3. The number of rotatable bonds is 4. The Morgan fingerprint density at radius 2 is 2.00 bits per heavy atom. The van der Waals surface area contributed by atoms with Crippen molar-refractivity contribution in [2.75, 3.05) is 6.61 Å². The molecule has 112 valence electrons. The molecule has 0 saturated heterocycles. The zero-order valence-electron chi connectivity index (χ0n) is 11.0. The van der Waals surface area contributed by atoms with Gasteiger partial charge in [-0.15, -0.1) is 0 Å². The van der Waals surface area contributed by atoms with Crippen molar-refractivity contribution in [2.45, 2.75) is 12.8 Å². The second-order valence-electron chi connectivity index (χ2n) is 4.48. The van der Waals surface area contributed by atoms with Crippen LogP contribution in [0.4, 0.5) is 0 Å². The minimum Gasteiger partial charge on any atom is -0.482 e. The van der Waals surface area contributed by atoms with E-state index in [1.165, 1.54) is 0 Å². The van der Waals surface area contributed by atoms with Crippen molar-refractivity contribution in [1.29, 1.82) is 0 Å². The van der Waals surface area contributed by atoms with Crippen molar-refractivity contribution in [3.8, 4) is 5.75 Å². The normalized spacial score (nSPS) is 13.2. The number of amides is 2. The van der Waals surface area contributed by atoms with Crippen molar-refractivity contribution < 1.29 is 14.3 Å². The quantitative estimate of drug-likeness (QED) is 0.571. The molecule has 21 heavy (non-hydrogen) atoms. The summed E-state index contributed by atoms with van der Waals surface area (Å²) < 4.78 is 5.25. The molecular weight excluding hydrogens is 314 g/mol. The maximum absolute atomic E-state index is 11.6. The maximum atomic E-state index is 11.6. The molecule has 8 heteroatoms. The minimum atomic E-state index is -0.446. The minimum absolute atomic E-state index is 0.0454. The molecule has 1 saturated carbocycles. The molecule has 0 unspecified atom stereocenters. The summed E-state index contributed by atoms with van der Waals surface area (Å²) in [7, 11) is 0. The molecule has 3 N–H and O–H groups in total. The van der Waals surface area contributed by atoms with Crippen LogP contribution in [0.25, 0.3) is 0 Å². The SMILES string of the molecule is O=C(COc1ccccc1Cl)NNC(=S)NC(=O)C1CC1. The van der Waals surface area contributed by atoms with Gasteiger partial charge in [-0.3, -0.25) is 20.4 Å². The van der Waals surface area contributed by atoms with Gasteiger partial charge in [0.15, 0.2) is 11.7 Å². The number of halogens is 1. The molecule has 1 aromatic carbocycles. The van der Waals surface area contributed by atoms with Crippen LogP contribution < -0.4 is 20.9 Å². The van der Waals surface area contributed by atoms with Gasteiger partial charge >= 0.3 is 0 Å². The van der Waals surface area contributed by atoms with Crippen LogP contribution in [-0.2, 0) is 9.59 Å². The third-order valence-corrected chi connectivity index (χ3v) is 3.21. The fraction of sp³-hybridized carbons (Fsp3) is 0.308. The van der Waals surface area contributed by atoms with E-state index in [2.05, 4.69) is 16.2 Å². The number of thiocarbonyl (C=S) groups is 1. The average molecular weight is 328 g/mol. The first-order chi connectivity index (χ1) is 10.1. The number of benzene rings is 1. The lowest BCUT2D eigenvalue weighted by molar-refractivity contribution is -0.124. The van der Waals surface area contributed by atoms with E-state index in [-0.39, 0.29) is 23.5 Å². The van der Waals surface area contributed by atoms with Crippen molar-refractivity contribution in [3.05, 3.63) is 29.3 Å². The van der Waals surface area contributed by atoms with Crippen molar-refractivity contribution in [2.24, 2.45) is 5.92 Å². The molecule has 0 aromatic heterocycles. The van der Waals surface area contributed by atoms with Crippen molar-refractivity contribution >= 4 is 40.7 Å². The van der Waals surface area contributed by atoms with Gasteiger partial charge in [-0.2, -0.15) is 0 Å². The van der Waals surface area contributed by atoms with Crippen LogP contribution in [0.2, 0.25) is 5.02 Å². The summed E-state index contributed by atoms with van der Waals surface area (Å²) >= 11 is 10.8. The first-order valence-corrected chi connectivity index (χ1v) is 7.12. The van der Waals surface area contributed by atoms with Crippen LogP contribution in [0.15, 0.2) is 24.3 Å². The molecule has 1 fully saturated rings. The number of hydrogen-bond acceptors (Lipinski definition) is 4. The molecule has 1 aliphatic carbocycles. The lowest BCUT2D eigenvalue weighted by Gasteiger charge is -2.11. The Morgan fingerprint density at radius 3 is 2.67 bits per heavy atom. The standard InChI is InChI=1S/C13H14ClN3O3S/c14-9-3-1-2-4-10(9)20-7-11(18)16-17-13(21)15-12(19)8-5-6-8/h1-4,8H,5-7H2,(H,16,18)(H2,15,17,19,21). The van der Waals surface area contributed by atoms with Crippen LogP contribution >= 0.6 is 23.8 Å². The zero-order chi connectivity index (χ0) is 15.2. The van der Waals surface area contributed by atoms with Crippen molar-refractivity contribution in [1.82, 2.24) is 16.2 Å². The van der Waals surface area contributed by atoms with E-state index in [0.29, 0.717) is 10.8 Å². The first kappa shape index (κ1) is 15.5. The highest BCUT2D eigenvalue weighted by Crippen LogP contribution is 2.28. The maximum Gasteiger partial charge on any atom is 0.276 e. The van der Waals surface area contributed by atoms with Gasteiger partial charge in [-0.25, -0.2) is 0 Å². The highest BCUT2D eigenvalue weighted by Gasteiger charge is 2.30. The van der Waals surface area contributed by atoms with E-state index in [1.54, 1.807) is 24.3 Å². The summed E-state index contributed by atoms with van der Waals surface area (Å²) in [5, 5.41) is 2.96. The molecule has 1 aliphatic rings. The molecule has 0 aliphatic heterocycles. The molecule has 0 bridgehead atoms. The van der Waals surface area contributed by atoms with E-state index in [0.717, 1.165) is 12.8 Å². The summed E-state index contributed by atoms with van der Waals surface area (Å²) in [6.45, 7) is -0.226. The Morgan fingerprint density at radius 1 is 1.29 bits per heavy atom. The Hall–Kier alpha value is -1.86. The predicted octanol–water partition coefficient (Wildman–Crippen LogP) is 1.15. The monoisotopic (exact) mass is 327 g/mol. The Labute approximate surface area is 132 Å². The van der Waals surface area contributed by atoms with E-state index >= 15 is 0 Å². The van der Waals surface area contributed by atoms with E-state index < -0.39 is 5.91 Å². The van der Waals surface area contributed by atoms with Gasteiger partial charge in [0.05, 0.1) is 5.02 Å². The molecule has 0 radical (unpaired) electrons. The third-order valence-electron chi connectivity index (χ3n) is 2.70. The highest BCUT2D eigenvalue weighted by molar-refractivity contribution is 7.80. The van der Waals surface area contributed by atoms with Gasteiger partial charge in [0, 0.05) is 5.92 Å². The summed E-state index contributed by atoms with van der Waals surface area (Å²) in [6, 6.07) is 6.83. The molecule has 0 spiro atoms. The van der Waals surface area contributed by atoms with Gasteiger partial charge in [-0.1, -0.05) is 23.7 Å². The van der Waals surface area contributed by atoms with E-state index in [4.69, 9.17) is 28.6 Å². The zero-order valence-corrected chi connectivity index (χ0v) is 12.6. The predicted molar refractivity (Wildman–Crippen MR) is 81.7 cm³/mol. The number of hydrazine groups is 1. The topological polar surface area (TPSA) is 79.5 Å². The fourth-order valence-corrected chi connectivity index (χ4v) is 1.80. The van der Waals surface area contributed by atoms with Crippen LogP contribution in [0.3, 0.4) is 0 Å². The number of carbonyl (C=O) groups excluding carboxylic acids is 2. The number of nitrogens with one attached hydrogen (secondary N) is 3. The van der Waals surface area contributed by atoms with Gasteiger partial charge in [0.25, 0.3) is 5.91 Å². The molecule has 0 heterocycles. The molecular formula is C13H14ClN3O3S. The molecule has 2 amide bonds. The lowest BCUT2D eigenvalue weighted by atomic mass is 10.3. The molecule has 2 rings (SSSR count). The van der Waals surface area contributed by atoms with Gasteiger partial charge in [-0.05, 0) is 37.2 Å². The first-order valence-electron chi connectivity index (χ1n) is 6.33. The average Bonchev–Trinajstić information content (AvgIpc) is 3.29. The number of para-hydroxylation sites is 1.